The van der Waals surface area contributed by atoms with E-state index < -0.39 is 0 Å². The lowest BCUT2D eigenvalue weighted by molar-refractivity contribution is 0.311. The van der Waals surface area contributed by atoms with Crippen molar-refractivity contribution in [3.8, 4) is 11.8 Å². The number of nitrogens with zero attached hydrogens (tertiary/aromatic N) is 5. The van der Waals surface area contributed by atoms with Crippen molar-refractivity contribution < 1.29 is 9.26 Å². The molecule has 166 valence electrons. The first-order chi connectivity index (χ1) is 15.4. The van der Waals surface area contributed by atoms with E-state index in [9.17, 15) is 0 Å². The lowest BCUT2D eigenvalue weighted by Crippen LogP contribution is -2.44. The van der Waals surface area contributed by atoms with Gasteiger partial charge in [-0.25, -0.2) is 0 Å². The first-order valence-electron chi connectivity index (χ1n) is 10.9. The number of likely N-dealkylation sites (N-methyl/N-ethyl adjacent to an activating group) is 1. The van der Waals surface area contributed by atoms with Gasteiger partial charge in [0.2, 0.25) is 0 Å². The molecule has 8 heteroatoms. The molecule has 0 radical (unpaired) electrons. The number of piperazine rings is 1. The Morgan fingerprint density at radius 1 is 1.00 bits per heavy atom. The van der Waals surface area contributed by atoms with Crippen LogP contribution < -0.4 is 15.0 Å². The van der Waals surface area contributed by atoms with Gasteiger partial charge in [-0.2, -0.15) is 9.97 Å². The van der Waals surface area contributed by atoms with Crippen molar-refractivity contribution in [2.24, 2.45) is 0 Å². The van der Waals surface area contributed by atoms with E-state index in [0.717, 1.165) is 55.5 Å². The van der Waals surface area contributed by atoms with Gasteiger partial charge in [-0.1, -0.05) is 22.9 Å². The van der Waals surface area contributed by atoms with E-state index in [1.54, 1.807) is 0 Å². The fourth-order valence-corrected chi connectivity index (χ4v) is 4.20. The number of nitrogens with one attached hydrogen (secondary N) is 1. The summed E-state index contributed by atoms with van der Waals surface area (Å²) >= 11 is 0. The van der Waals surface area contributed by atoms with E-state index in [4.69, 9.17) is 14.2 Å². The quantitative estimate of drug-likeness (QED) is 0.638. The van der Waals surface area contributed by atoms with E-state index in [-0.39, 0.29) is 0 Å². The van der Waals surface area contributed by atoms with Crippen molar-refractivity contribution in [1.82, 2.24) is 20.0 Å². The molecule has 1 aromatic carbocycles. The summed E-state index contributed by atoms with van der Waals surface area (Å²) in [6, 6.07) is 8.22. The number of hydrogen-bond acceptors (Lipinski definition) is 8. The molecule has 0 bridgehead atoms. The molecule has 0 atom stereocenters. The summed E-state index contributed by atoms with van der Waals surface area (Å²) in [5.41, 5.74) is 5.05. The van der Waals surface area contributed by atoms with Gasteiger partial charge in [0, 0.05) is 38.3 Å². The van der Waals surface area contributed by atoms with Gasteiger partial charge in [0.15, 0.2) is 5.82 Å². The largest absolute Gasteiger partial charge is 0.424 e. The first-order valence-corrected chi connectivity index (χ1v) is 10.9. The number of hydrogen-bond donors (Lipinski definition) is 1. The lowest BCUT2D eigenvalue weighted by Gasteiger charge is -2.33. The third kappa shape index (κ3) is 4.18. The van der Waals surface area contributed by atoms with Crippen molar-refractivity contribution in [3.05, 3.63) is 52.3 Å². The Balaban J connectivity index is 1.47. The van der Waals surface area contributed by atoms with Crippen LogP contribution in [0.25, 0.3) is 6.08 Å². The summed E-state index contributed by atoms with van der Waals surface area (Å²) in [4.78, 5) is 13.9. The number of aryl methyl sites for hydroxylation is 1. The highest BCUT2D eigenvalue weighted by atomic mass is 16.5. The van der Waals surface area contributed by atoms with Crippen molar-refractivity contribution in [1.29, 1.82) is 0 Å². The highest BCUT2D eigenvalue weighted by Crippen LogP contribution is 2.35. The molecule has 2 aliphatic rings. The summed E-state index contributed by atoms with van der Waals surface area (Å²) in [5, 5.41) is 7.24. The molecule has 0 saturated carbocycles. The van der Waals surface area contributed by atoms with E-state index >= 15 is 0 Å². The van der Waals surface area contributed by atoms with Crippen LogP contribution in [-0.2, 0) is 6.42 Å². The van der Waals surface area contributed by atoms with Crippen molar-refractivity contribution >= 4 is 23.5 Å². The summed E-state index contributed by atoms with van der Waals surface area (Å²) in [6.07, 6.45) is 3.23. The molecule has 5 rings (SSSR count). The van der Waals surface area contributed by atoms with Gasteiger partial charge >= 0.3 is 6.01 Å². The number of benzene rings is 1. The third-order valence-electron chi connectivity index (χ3n) is 6.02. The second-order valence-corrected chi connectivity index (χ2v) is 8.66. The smallest absolute Gasteiger partial charge is 0.325 e. The van der Waals surface area contributed by atoms with Crippen molar-refractivity contribution in [2.45, 2.75) is 27.2 Å². The van der Waals surface area contributed by atoms with E-state index in [0.29, 0.717) is 17.6 Å². The zero-order chi connectivity index (χ0) is 22.2. The molecular formula is C24H28N6O2. The van der Waals surface area contributed by atoms with Gasteiger partial charge in [-0.3, -0.25) is 0 Å². The van der Waals surface area contributed by atoms with Crippen molar-refractivity contribution in [3.63, 3.8) is 0 Å². The molecule has 1 saturated heterocycles. The lowest BCUT2D eigenvalue weighted by atomic mass is 10.0. The van der Waals surface area contributed by atoms with Gasteiger partial charge in [-0.15, -0.1) is 0 Å². The van der Waals surface area contributed by atoms with Gasteiger partial charge < -0.3 is 24.4 Å². The van der Waals surface area contributed by atoms with Crippen LogP contribution in [-0.4, -0.2) is 53.3 Å². The maximum Gasteiger partial charge on any atom is 0.325 e. The Kier molecular flexibility index (Phi) is 5.30. The zero-order valence-corrected chi connectivity index (χ0v) is 19.0. The van der Waals surface area contributed by atoms with E-state index in [1.807, 2.05) is 25.1 Å². The van der Waals surface area contributed by atoms with Crippen LogP contribution in [0.1, 0.15) is 29.4 Å². The van der Waals surface area contributed by atoms with Gasteiger partial charge in [0.05, 0.1) is 0 Å². The molecule has 32 heavy (non-hydrogen) atoms. The maximum absolute atomic E-state index is 6.23. The number of rotatable bonds is 5. The molecule has 0 amide bonds. The topological polar surface area (TPSA) is 79.5 Å². The van der Waals surface area contributed by atoms with Crippen LogP contribution in [0.5, 0.6) is 11.8 Å². The molecular weight excluding hydrogens is 404 g/mol. The normalized spacial score (nSPS) is 16.1. The van der Waals surface area contributed by atoms with E-state index in [2.05, 4.69) is 58.3 Å². The van der Waals surface area contributed by atoms with E-state index in [1.165, 1.54) is 16.7 Å². The Morgan fingerprint density at radius 3 is 2.56 bits per heavy atom. The highest BCUT2D eigenvalue weighted by molar-refractivity contribution is 5.69. The number of ether oxygens (including phenoxy) is 1. The Morgan fingerprint density at radius 2 is 1.81 bits per heavy atom. The minimum Gasteiger partial charge on any atom is -0.424 e. The van der Waals surface area contributed by atoms with Gasteiger partial charge in [0.25, 0.3) is 0 Å². The van der Waals surface area contributed by atoms with Crippen LogP contribution in [0.3, 0.4) is 0 Å². The van der Waals surface area contributed by atoms with Gasteiger partial charge in [0.1, 0.15) is 23.1 Å². The van der Waals surface area contributed by atoms with Crippen LogP contribution >= 0.6 is 0 Å². The zero-order valence-electron chi connectivity index (χ0n) is 19.0. The Labute approximate surface area is 187 Å². The molecule has 1 N–H and O–H groups in total. The molecule has 0 spiro atoms. The third-order valence-corrected chi connectivity index (χ3v) is 6.02. The van der Waals surface area contributed by atoms with Crippen LogP contribution in [0.2, 0.25) is 0 Å². The fraction of sp³-hybridized carbons (Fsp3) is 0.375. The summed E-state index contributed by atoms with van der Waals surface area (Å²) < 4.78 is 11.4. The molecule has 1 fully saturated rings. The minimum atomic E-state index is 0.311. The van der Waals surface area contributed by atoms with Crippen molar-refractivity contribution in [2.75, 3.05) is 43.4 Å². The number of aromatic nitrogens is 3. The SMILES string of the molecule is CC1=Cc2c(ccc(Oc3nc(Nc4cc(C)on4)cc(N4CCN(C)CC4)n3)c2C)C1. The molecule has 1 aliphatic carbocycles. The average molecular weight is 433 g/mol. The van der Waals surface area contributed by atoms with Gasteiger partial charge in [-0.05, 0) is 57.0 Å². The van der Waals surface area contributed by atoms with Crippen LogP contribution in [0, 0.1) is 13.8 Å². The van der Waals surface area contributed by atoms with Crippen LogP contribution in [0.4, 0.5) is 17.5 Å². The summed E-state index contributed by atoms with van der Waals surface area (Å²) in [7, 11) is 2.14. The monoisotopic (exact) mass is 432 g/mol. The Hall–Kier alpha value is -3.39. The molecule has 8 nitrogen and oxygen atoms in total. The first kappa shape index (κ1) is 20.5. The fourth-order valence-electron chi connectivity index (χ4n) is 4.20. The summed E-state index contributed by atoms with van der Waals surface area (Å²) in [6.45, 7) is 9.88. The molecule has 3 heterocycles. The Bertz CT molecular complexity index is 1180. The van der Waals surface area contributed by atoms with Crippen LogP contribution in [0.15, 0.2) is 34.4 Å². The second-order valence-electron chi connectivity index (χ2n) is 8.66. The standard InChI is InChI=1S/C24H28N6O2/c1-15-11-18-5-6-20(17(3)19(18)12-15)31-24-26-21(25-22-13-16(2)32-28-22)14-23(27-24)30-9-7-29(4)8-10-30/h5-6,12-14H,7-11H2,1-4H3,(H,25,26,27,28). The molecule has 1 aliphatic heterocycles. The average Bonchev–Trinajstić information content (AvgIpc) is 3.35. The number of anilines is 3. The molecule has 3 aromatic rings. The minimum absolute atomic E-state index is 0.311. The predicted octanol–water partition coefficient (Wildman–Crippen LogP) is 4.33. The molecule has 2 aromatic heterocycles. The predicted molar refractivity (Wildman–Crippen MR) is 125 cm³/mol. The number of fused-ring (bicyclic) bond motifs is 1. The number of allylic oxidation sites excluding steroid dienone is 1. The second kappa shape index (κ2) is 8.27. The highest BCUT2D eigenvalue weighted by Gasteiger charge is 2.20. The summed E-state index contributed by atoms with van der Waals surface area (Å²) in [5.74, 6) is 3.56. The molecule has 0 unspecified atom stereocenters. The maximum atomic E-state index is 6.23.